The Hall–Kier alpha value is -3.12. The molecule has 3 aromatic rings. The molecule has 0 aliphatic carbocycles. The molecule has 0 radical (unpaired) electrons. The average molecular weight is 391 g/mol. The van der Waals surface area contributed by atoms with Crippen molar-refractivity contribution in [2.24, 2.45) is 0 Å². The largest absolute Gasteiger partial charge is 0.348 e. The van der Waals surface area contributed by atoms with Crippen LogP contribution in [0.25, 0.3) is 0 Å². The van der Waals surface area contributed by atoms with E-state index in [0.29, 0.717) is 17.8 Å². The Bertz CT molecular complexity index is 944. The first kappa shape index (κ1) is 19.6. The highest BCUT2D eigenvalue weighted by molar-refractivity contribution is 8.00. The van der Waals surface area contributed by atoms with Crippen molar-refractivity contribution in [3.63, 3.8) is 0 Å². The summed E-state index contributed by atoms with van der Waals surface area (Å²) in [6.07, 6.45) is 3.39. The number of carbonyl (C=O) groups excluding carboxylic acids is 2. The maximum atomic E-state index is 12.5. The van der Waals surface area contributed by atoms with Crippen molar-refractivity contribution in [2.45, 2.75) is 18.4 Å². The number of nitrogens with one attached hydrogen (secondary N) is 2. The number of amides is 2. The Morgan fingerprint density at radius 3 is 2.54 bits per heavy atom. The van der Waals surface area contributed by atoms with Gasteiger partial charge in [-0.15, -0.1) is 11.8 Å². The second kappa shape index (κ2) is 9.71. The molecule has 142 valence electrons. The van der Waals surface area contributed by atoms with E-state index in [0.717, 1.165) is 10.5 Å². The van der Waals surface area contributed by atoms with Crippen molar-refractivity contribution in [2.75, 3.05) is 11.1 Å². The smallest absolute Gasteiger partial charge is 0.253 e. The van der Waals surface area contributed by atoms with Crippen LogP contribution in [-0.2, 0) is 11.3 Å². The topological polar surface area (TPSA) is 71.1 Å². The number of rotatable bonds is 7. The van der Waals surface area contributed by atoms with Crippen LogP contribution in [0, 0.1) is 6.92 Å². The molecule has 6 heteroatoms. The van der Waals surface area contributed by atoms with Crippen LogP contribution < -0.4 is 10.6 Å². The minimum atomic E-state index is -0.244. The lowest BCUT2D eigenvalue weighted by Gasteiger charge is -2.11. The van der Waals surface area contributed by atoms with E-state index in [1.165, 1.54) is 17.3 Å². The molecule has 2 N–H and O–H groups in total. The van der Waals surface area contributed by atoms with E-state index in [1.54, 1.807) is 36.7 Å². The van der Waals surface area contributed by atoms with Crippen molar-refractivity contribution in [3.05, 3.63) is 89.7 Å². The maximum absolute atomic E-state index is 12.5. The third-order valence-corrected chi connectivity index (χ3v) is 5.02. The number of aromatic nitrogens is 1. The molecule has 0 aliphatic rings. The summed E-state index contributed by atoms with van der Waals surface area (Å²) in [7, 11) is 0. The Kier molecular flexibility index (Phi) is 6.81. The first-order chi connectivity index (χ1) is 13.6. The van der Waals surface area contributed by atoms with Crippen LogP contribution in [0.1, 0.15) is 21.5 Å². The van der Waals surface area contributed by atoms with Gasteiger partial charge in [0, 0.05) is 23.8 Å². The number of hydrogen-bond acceptors (Lipinski definition) is 4. The number of nitrogens with zero attached hydrogens (tertiary/aromatic N) is 1. The van der Waals surface area contributed by atoms with Crippen LogP contribution >= 0.6 is 11.8 Å². The van der Waals surface area contributed by atoms with Crippen molar-refractivity contribution in [3.8, 4) is 0 Å². The quantitative estimate of drug-likeness (QED) is 0.596. The van der Waals surface area contributed by atoms with E-state index in [4.69, 9.17) is 0 Å². The number of aryl methyl sites for hydroxylation is 1. The summed E-state index contributed by atoms with van der Waals surface area (Å²) in [4.78, 5) is 29.9. The molecule has 3 rings (SSSR count). The summed E-state index contributed by atoms with van der Waals surface area (Å²) >= 11 is 1.46. The number of pyridine rings is 1. The zero-order valence-electron chi connectivity index (χ0n) is 15.5. The van der Waals surface area contributed by atoms with Gasteiger partial charge in [-0.2, -0.15) is 0 Å². The van der Waals surface area contributed by atoms with Gasteiger partial charge in [-0.25, -0.2) is 0 Å². The predicted molar refractivity (Wildman–Crippen MR) is 112 cm³/mol. The highest BCUT2D eigenvalue weighted by Gasteiger charge is 2.13. The molecule has 0 saturated carbocycles. The van der Waals surface area contributed by atoms with Gasteiger partial charge in [0.2, 0.25) is 5.91 Å². The summed E-state index contributed by atoms with van der Waals surface area (Å²) in [5.41, 5.74) is 3.02. The summed E-state index contributed by atoms with van der Waals surface area (Å²) in [5, 5.41) is 5.69. The molecule has 0 atom stereocenters. The molecule has 0 aliphatic heterocycles. The van der Waals surface area contributed by atoms with Gasteiger partial charge in [0.05, 0.1) is 17.0 Å². The molecule has 5 nitrogen and oxygen atoms in total. The zero-order chi connectivity index (χ0) is 19.8. The second-order valence-electron chi connectivity index (χ2n) is 6.24. The first-order valence-electron chi connectivity index (χ1n) is 8.87. The van der Waals surface area contributed by atoms with Gasteiger partial charge in [-0.1, -0.05) is 35.9 Å². The molecular formula is C22H21N3O2S. The molecule has 0 spiro atoms. The predicted octanol–water partition coefficient (Wildman–Crippen LogP) is 4.05. The fourth-order valence-electron chi connectivity index (χ4n) is 2.54. The molecular weight excluding hydrogens is 370 g/mol. The number of hydrogen-bond donors (Lipinski definition) is 2. The van der Waals surface area contributed by atoms with Gasteiger partial charge in [-0.05, 0) is 42.8 Å². The van der Waals surface area contributed by atoms with E-state index in [1.807, 2.05) is 43.3 Å². The molecule has 0 unspecified atom stereocenters. The Morgan fingerprint density at radius 1 is 1.00 bits per heavy atom. The third-order valence-electron chi connectivity index (χ3n) is 4.01. The summed E-state index contributed by atoms with van der Waals surface area (Å²) in [5.74, 6) is -0.127. The van der Waals surface area contributed by atoms with E-state index < -0.39 is 0 Å². The van der Waals surface area contributed by atoms with E-state index in [9.17, 15) is 9.59 Å². The standard InChI is InChI=1S/C22H21N3O2S/c1-16-8-10-18(11-9-16)28-15-21(26)25-20-7-3-2-6-19(20)22(27)24-14-17-5-4-12-23-13-17/h2-13H,14-15H2,1H3,(H,24,27)(H,25,26). The normalized spacial score (nSPS) is 10.3. The number of benzene rings is 2. The Morgan fingerprint density at radius 2 is 1.79 bits per heavy atom. The van der Waals surface area contributed by atoms with Crippen LogP contribution in [0.5, 0.6) is 0 Å². The SMILES string of the molecule is Cc1ccc(SCC(=O)Nc2ccccc2C(=O)NCc2cccnc2)cc1. The number of anilines is 1. The van der Waals surface area contributed by atoms with E-state index in [-0.39, 0.29) is 17.6 Å². The minimum Gasteiger partial charge on any atom is -0.348 e. The van der Waals surface area contributed by atoms with Crippen molar-refractivity contribution in [1.29, 1.82) is 0 Å². The van der Waals surface area contributed by atoms with Crippen molar-refractivity contribution < 1.29 is 9.59 Å². The number of carbonyl (C=O) groups is 2. The van der Waals surface area contributed by atoms with Crippen LogP contribution in [0.4, 0.5) is 5.69 Å². The zero-order valence-corrected chi connectivity index (χ0v) is 16.3. The lowest BCUT2D eigenvalue weighted by Crippen LogP contribution is -2.25. The van der Waals surface area contributed by atoms with E-state index >= 15 is 0 Å². The molecule has 0 fully saturated rings. The van der Waals surface area contributed by atoms with Crippen molar-refractivity contribution in [1.82, 2.24) is 10.3 Å². The summed E-state index contributed by atoms with van der Waals surface area (Å²) in [6, 6.07) is 18.7. The minimum absolute atomic E-state index is 0.155. The molecule has 2 amide bonds. The highest BCUT2D eigenvalue weighted by Crippen LogP contribution is 2.20. The monoisotopic (exact) mass is 391 g/mol. The molecule has 2 aromatic carbocycles. The van der Waals surface area contributed by atoms with Crippen molar-refractivity contribution >= 4 is 29.3 Å². The Labute approximate surface area is 168 Å². The van der Waals surface area contributed by atoms with Crippen LogP contribution in [-0.4, -0.2) is 22.6 Å². The van der Waals surface area contributed by atoms with Gasteiger partial charge in [0.1, 0.15) is 0 Å². The number of thioether (sulfide) groups is 1. The summed E-state index contributed by atoms with van der Waals surface area (Å²) in [6.45, 7) is 2.40. The third kappa shape index (κ3) is 5.69. The highest BCUT2D eigenvalue weighted by atomic mass is 32.2. The average Bonchev–Trinajstić information content (AvgIpc) is 2.73. The van der Waals surface area contributed by atoms with Gasteiger partial charge in [0.15, 0.2) is 0 Å². The molecule has 1 aromatic heterocycles. The lowest BCUT2D eigenvalue weighted by atomic mass is 10.1. The van der Waals surface area contributed by atoms with Gasteiger partial charge < -0.3 is 10.6 Å². The fraction of sp³-hybridized carbons (Fsp3) is 0.136. The van der Waals surface area contributed by atoms with Crippen LogP contribution in [0.3, 0.4) is 0 Å². The molecule has 1 heterocycles. The van der Waals surface area contributed by atoms with Crippen LogP contribution in [0.15, 0.2) is 78.0 Å². The molecule has 0 saturated heterocycles. The first-order valence-corrected chi connectivity index (χ1v) is 9.86. The van der Waals surface area contributed by atoms with Gasteiger partial charge in [-0.3, -0.25) is 14.6 Å². The van der Waals surface area contributed by atoms with Crippen LogP contribution in [0.2, 0.25) is 0 Å². The maximum Gasteiger partial charge on any atom is 0.253 e. The van der Waals surface area contributed by atoms with E-state index in [2.05, 4.69) is 15.6 Å². The summed E-state index contributed by atoms with van der Waals surface area (Å²) < 4.78 is 0. The van der Waals surface area contributed by atoms with Gasteiger partial charge >= 0.3 is 0 Å². The Balaban J connectivity index is 1.58. The fourth-order valence-corrected chi connectivity index (χ4v) is 3.24. The number of para-hydroxylation sites is 1. The lowest BCUT2D eigenvalue weighted by molar-refractivity contribution is -0.113. The molecule has 0 bridgehead atoms. The molecule has 28 heavy (non-hydrogen) atoms. The van der Waals surface area contributed by atoms with Gasteiger partial charge in [0.25, 0.3) is 5.91 Å². The second-order valence-corrected chi connectivity index (χ2v) is 7.29.